The molecule has 0 bridgehead atoms. The monoisotopic (exact) mass is 458 g/mol. The van der Waals surface area contributed by atoms with Gasteiger partial charge < -0.3 is 24.7 Å². The number of carbonyl (C=O) groups excluding carboxylic acids is 1. The summed E-state index contributed by atoms with van der Waals surface area (Å²) in [4.78, 5) is 22.6. The van der Waals surface area contributed by atoms with Gasteiger partial charge in [-0.2, -0.15) is 12.6 Å². The third-order valence-corrected chi connectivity index (χ3v) is 5.90. The number of methoxy groups -OCH3 is 1. The van der Waals surface area contributed by atoms with E-state index in [4.69, 9.17) is 20.0 Å². The highest BCUT2D eigenvalue weighted by atomic mass is 32.2. The highest BCUT2D eigenvalue weighted by molar-refractivity contribution is 8.16. The molecule has 0 spiro atoms. The van der Waals surface area contributed by atoms with Crippen LogP contribution in [0.15, 0.2) is 33.8 Å². The van der Waals surface area contributed by atoms with Crippen molar-refractivity contribution in [2.75, 3.05) is 25.2 Å². The second-order valence-electron chi connectivity index (χ2n) is 6.86. The summed E-state index contributed by atoms with van der Waals surface area (Å²) in [7, 11) is 1.50. The third-order valence-electron chi connectivity index (χ3n) is 4.34. The highest BCUT2D eigenvalue weighted by Crippen LogP contribution is 2.27. The Hall–Kier alpha value is -1.69. The average Bonchev–Trinajstić information content (AvgIpc) is 3.14. The zero-order valence-corrected chi connectivity index (χ0v) is 19.2. The van der Waals surface area contributed by atoms with Crippen molar-refractivity contribution in [2.24, 2.45) is 15.9 Å². The molecular formula is C19H30N4O5S2. The number of aliphatic hydroxyl groups excluding tert-OH is 1. The minimum absolute atomic E-state index is 0.280. The Kier molecular flexibility index (Phi) is 9.53. The molecule has 0 aliphatic carbocycles. The number of nitrogens with two attached hydrogens (primary N) is 1. The van der Waals surface area contributed by atoms with Crippen LogP contribution in [0, 0.1) is 0 Å². The highest BCUT2D eigenvalue weighted by Gasteiger charge is 2.41. The first kappa shape index (κ1) is 24.6. The normalized spacial score (nSPS) is 24.9. The van der Waals surface area contributed by atoms with Crippen molar-refractivity contribution in [2.45, 2.75) is 51.1 Å². The maximum atomic E-state index is 13.0. The lowest BCUT2D eigenvalue weighted by molar-refractivity contribution is -0.126. The Bertz CT molecular complexity index is 740. The average molecular weight is 459 g/mol. The van der Waals surface area contributed by atoms with Gasteiger partial charge in [-0.25, -0.2) is 4.99 Å². The molecule has 2 aliphatic rings. The van der Waals surface area contributed by atoms with E-state index in [2.05, 4.69) is 28.1 Å². The molecule has 0 aromatic carbocycles. The van der Waals surface area contributed by atoms with Crippen LogP contribution in [-0.4, -0.2) is 65.0 Å². The molecule has 0 fully saturated rings. The van der Waals surface area contributed by atoms with Gasteiger partial charge in [-0.1, -0.05) is 18.5 Å². The molecule has 2 heterocycles. The fourth-order valence-corrected chi connectivity index (χ4v) is 3.89. The SMILES string of the molecule is CCC[C@@H](NC(=O)[C@]1(N)CSC(/C(C)=N/OCCCS)=N1)C1=CC(OC)=CC(O)O1. The second-order valence-corrected chi connectivity index (χ2v) is 8.27. The van der Waals surface area contributed by atoms with Gasteiger partial charge in [-0.3, -0.25) is 10.5 Å². The Morgan fingerprint density at radius 1 is 1.63 bits per heavy atom. The lowest BCUT2D eigenvalue weighted by Gasteiger charge is -2.28. The molecule has 1 unspecified atom stereocenters. The molecule has 11 heteroatoms. The summed E-state index contributed by atoms with van der Waals surface area (Å²) in [5, 5.41) is 17.4. The van der Waals surface area contributed by atoms with E-state index in [1.807, 2.05) is 6.92 Å². The van der Waals surface area contributed by atoms with Crippen molar-refractivity contribution in [1.82, 2.24) is 5.32 Å². The molecule has 2 rings (SSSR count). The Balaban J connectivity index is 2.09. The summed E-state index contributed by atoms with van der Waals surface area (Å²) < 4.78 is 10.7. The van der Waals surface area contributed by atoms with E-state index in [-0.39, 0.29) is 5.75 Å². The van der Waals surface area contributed by atoms with E-state index < -0.39 is 23.9 Å². The zero-order chi connectivity index (χ0) is 22.1. The van der Waals surface area contributed by atoms with Gasteiger partial charge in [0.05, 0.1) is 13.2 Å². The first-order valence-corrected chi connectivity index (χ1v) is 11.4. The number of amides is 1. The van der Waals surface area contributed by atoms with E-state index in [1.165, 1.54) is 24.9 Å². The van der Waals surface area contributed by atoms with Gasteiger partial charge in [0.15, 0.2) is 5.66 Å². The summed E-state index contributed by atoms with van der Waals surface area (Å²) in [5.41, 5.74) is 5.43. The van der Waals surface area contributed by atoms with Crippen LogP contribution >= 0.6 is 24.4 Å². The number of thioether (sulfide) groups is 1. The van der Waals surface area contributed by atoms with Crippen LogP contribution in [-0.2, 0) is 19.1 Å². The van der Waals surface area contributed by atoms with Gasteiger partial charge in [0.1, 0.15) is 28.9 Å². The quantitative estimate of drug-likeness (QED) is 0.160. The fourth-order valence-electron chi connectivity index (χ4n) is 2.74. The summed E-state index contributed by atoms with van der Waals surface area (Å²) in [6.07, 6.45) is 4.10. The standard InChI is InChI=1S/C19H30N4O5S2/c1-4-6-14(15-9-13(26-3)10-16(24)28-15)21-18(25)19(20)11-30-17(22-19)12(2)23-27-7-5-8-29/h9-10,14,16,24,29H,4-8,11,20H2,1-3H3,(H,21,25)/b23-12+/t14-,16?,19+/m1/s1. The molecule has 3 atom stereocenters. The zero-order valence-electron chi connectivity index (χ0n) is 17.5. The Labute approximate surface area is 186 Å². The van der Waals surface area contributed by atoms with E-state index >= 15 is 0 Å². The second kappa shape index (κ2) is 11.6. The number of rotatable bonds is 11. The first-order valence-electron chi connectivity index (χ1n) is 9.75. The number of nitrogens with zero attached hydrogens (tertiary/aromatic N) is 2. The Morgan fingerprint density at radius 2 is 2.40 bits per heavy atom. The number of aliphatic hydroxyl groups is 1. The van der Waals surface area contributed by atoms with Gasteiger partial charge in [-0.05, 0) is 25.5 Å². The Morgan fingerprint density at radius 3 is 3.07 bits per heavy atom. The number of hydrogen-bond donors (Lipinski definition) is 4. The van der Waals surface area contributed by atoms with Gasteiger partial charge in [-0.15, -0.1) is 11.8 Å². The molecule has 0 radical (unpaired) electrons. The number of allylic oxidation sites excluding steroid dienone is 1. The van der Waals surface area contributed by atoms with Crippen LogP contribution in [0.1, 0.15) is 33.1 Å². The van der Waals surface area contributed by atoms with Crippen LogP contribution in [0.5, 0.6) is 0 Å². The molecule has 0 aromatic rings. The summed E-state index contributed by atoms with van der Waals surface area (Å²) in [6.45, 7) is 4.21. The molecule has 2 aliphatic heterocycles. The number of hydrogen-bond acceptors (Lipinski definition) is 10. The van der Waals surface area contributed by atoms with Crippen LogP contribution in [0.2, 0.25) is 0 Å². The predicted molar refractivity (Wildman–Crippen MR) is 121 cm³/mol. The number of thiol groups is 1. The van der Waals surface area contributed by atoms with Crippen molar-refractivity contribution in [3.63, 3.8) is 0 Å². The molecule has 1 amide bonds. The summed E-state index contributed by atoms with van der Waals surface area (Å²) in [6, 6.07) is -0.472. The van der Waals surface area contributed by atoms with Crippen molar-refractivity contribution in [3.8, 4) is 0 Å². The summed E-state index contributed by atoms with van der Waals surface area (Å²) in [5.74, 6) is 1.43. The molecule has 168 valence electrons. The fraction of sp³-hybridized carbons (Fsp3) is 0.632. The van der Waals surface area contributed by atoms with Gasteiger partial charge in [0.2, 0.25) is 6.29 Å². The molecule has 0 saturated carbocycles. The molecular weight excluding hydrogens is 428 g/mol. The third kappa shape index (κ3) is 6.66. The van der Waals surface area contributed by atoms with Crippen molar-refractivity contribution in [3.05, 3.63) is 23.7 Å². The predicted octanol–water partition coefficient (Wildman–Crippen LogP) is 1.55. The smallest absolute Gasteiger partial charge is 0.264 e. The molecule has 30 heavy (non-hydrogen) atoms. The maximum absolute atomic E-state index is 13.0. The number of oxime groups is 1. The molecule has 4 N–H and O–H groups in total. The van der Waals surface area contributed by atoms with E-state index in [1.54, 1.807) is 13.0 Å². The maximum Gasteiger partial charge on any atom is 0.264 e. The lowest BCUT2D eigenvalue weighted by Crippen LogP contribution is -2.56. The van der Waals surface area contributed by atoms with Crippen LogP contribution in [0.3, 0.4) is 0 Å². The number of nitrogens with one attached hydrogen (secondary N) is 1. The number of aliphatic imine (C=N–C) groups is 1. The van der Waals surface area contributed by atoms with Gasteiger partial charge >= 0.3 is 0 Å². The van der Waals surface area contributed by atoms with E-state index in [0.717, 1.165) is 12.8 Å². The van der Waals surface area contributed by atoms with Crippen LogP contribution in [0.25, 0.3) is 0 Å². The van der Waals surface area contributed by atoms with Crippen molar-refractivity contribution < 1.29 is 24.2 Å². The minimum Gasteiger partial charge on any atom is -0.497 e. The lowest BCUT2D eigenvalue weighted by atomic mass is 10.1. The molecule has 0 aromatic heterocycles. The molecule has 9 nitrogen and oxygen atoms in total. The van der Waals surface area contributed by atoms with Crippen molar-refractivity contribution >= 4 is 41.1 Å². The molecule has 0 saturated heterocycles. The van der Waals surface area contributed by atoms with Gasteiger partial charge in [0, 0.05) is 17.9 Å². The van der Waals surface area contributed by atoms with E-state index in [9.17, 15) is 9.90 Å². The van der Waals surface area contributed by atoms with E-state index in [0.29, 0.717) is 41.1 Å². The first-order chi connectivity index (χ1) is 14.3. The minimum atomic E-state index is -1.43. The van der Waals surface area contributed by atoms with Crippen molar-refractivity contribution in [1.29, 1.82) is 0 Å². The summed E-state index contributed by atoms with van der Waals surface area (Å²) >= 11 is 5.47. The van der Waals surface area contributed by atoms with Crippen LogP contribution in [0.4, 0.5) is 0 Å². The number of ether oxygens (including phenoxy) is 2. The topological polar surface area (TPSA) is 128 Å². The number of carbonyl (C=O) groups is 1. The largest absolute Gasteiger partial charge is 0.497 e. The van der Waals surface area contributed by atoms with Crippen LogP contribution < -0.4 is 11.1 Å². The van der Waals surface area contributed by atoms with Gasteiger partial charge in [0.25, 0.3) is 5.91 Å².